The SMILES string of the molecule is CCn1cc(NC(=S)N[C@H]2CCC[C@H](C)[C@@H]2C)c(C(N)=O)n1. The molecular weight excluding hydrogens is 298 g/mol. The first-order valence-electron chi connectivity index (χ1n) is 7.87. The summed E-state index contributed by atoms with van der Waals surface area (Å²) in [6.07, 6.45) is 5.35. The molecule has 1 aromatic rings. The van der Waals surface area contributed by atoms with Crippen LogP contribution in [0.15, 0.2) is 6.20 Å². The van der Waals surface area contributed by atoms with Gasteiger partial charge in [-0.05, 0) is 37.4 Å². The molecule has 3 atom stereocenters. The third kappa shape index (κ3) is 3.76. The van der Waals surface area contributed by atoms with Crippen LogP contribution in [-0.2, 0) is 6.54 Å². The number of hydrogen-bond acceptors (Lipinski definition) is 3. The highest BCUT2D eigenvalue weighted by Crippen LogP contribution is 2.29. The molecule has 7 heteroatoms. The zero-order chi connectivity index (χ0) is 16.3. The van der Waals surface area contributed by atoms with Crippen LogP contribution in [0.2, 0.25) is 0 Å². The van der Waals surface area contributed by atoms with Gasteiger partial charge in [0, 0.05) is 18.8 Å². The second-order valence-corrected chi connectivity index (χ2v) is 6.49. The Bertz CT molecular complexity index is 556. The molecular formula is C15H25N5OS. The quantitative estimate of drug-likeness (QED) is 0.739. The van der Waals surface area contributed by atoms with E-state index >= 15 is 0 Å². The molecule has 22 heavy (non-hydrogen) atoms. The third-order valence-electron chi connectivity index (χ3n) is 4.59. The molecule has 4 N–H and O–H groups in total. The van der Waals surface area contributed by atoms with E-state index in [0.29, 0.717) is 35.2 Å². The summed E-state index contributed by atoms with van der Waals surface area (Å²) < 4.78 is 1.66. The van der Waals surface area contributed by atoms with Crippen LogP contribution in [0.3, 0.4) is 0 Å². The van der Waals surface area contributed by atoms with Crippen LogP contribution in [0.4, 0.5) is 5.69 Å². The van der Waals surface area contributed by atoms with Crippen molar-refractivity contribution < 1.29 is 4.79 Å². The standard InChI is InChI=1S/C15H25N5OS/c1-4-20-8-12(13(19-20)14(16)21)18-15(22)17-11-7-5-6-9(2)10(11)3/h8-11H,4-7H2,1-3H3,(H2,16,21)(H2,17,18,22)/t9-,10-,11-/m0/s1. The van der Waals surface area contributed by atoms with Crippen LogP contribution in [0.5, 0.6) is 0 Å². The van der Waals surface area contributed by atoms with Gasteiger partial charge in [-0.2, -0.15) is 5.10 Å². The third-order valence-corrected chi connectivity index (χ3v) is 4.81. The summed E-state index contributed by atoms with van der Waals surface area (Å²) in [5, 5.41) is 11.1. The number of aromatic nitrogens is 2. The first-order chi connectivity index (χ1) is 10.4. The molecule has 1 amide bonds. The zero-order valence-electron chi connectivity index (χ0n) is 13.4. The Morgan fingerprint density at radius 3 is 2.86 bits per heavy atom. The molecule has 1 fully saturated rings. The summed E-state index contributed by atoms with van der Waals surface area (Å²) in [6, 6.07) is 0.363. The summed E-state index contributed by atoms with van der Waals surface area (Å²) in [4.78, 5) is 11.5. The van der Waals surface area contributed by atoms with Gasteiger partial charge in [0.1, 0.15) is 0 Å². The highest BCUT2D eigenvalue weighted by atomic mass is 32.1. The fourth-order valence-electron chi connectivity index (χ4n) is 2.97. The maximum Gasteiger partial charge on any atom is 0.271 e. The van der Waals surface area contributed by atoms with E-state index in [2.05, 4.69) is 29.6 Å². The summed E-state index contributed by atoms with van der Waals surface area (Å²) in [5.41, 5.74) is 6.14. The topological polar surface area (TPSA) is 85.0 Å². The summed E-state index contributed by atoms with van der Waals surface area (Å²) in [6.45, 7) is 7.15. The number of hydrogen-bond donors (Lipinski definition) is 3. The number of nitrogens with zero attached hydrogens (tertiary/aromatic N) is 2. The molecule has 0 bridgehead atoms. The van der Waals surface area contributed by atoms with Crippen LogP contribution < -0.4 is 16.4 Å². The molecule has 1 saturated carbocycles. The highest BCUT2D eigenvalue weighted by Gasteiger charge is 2.27. The molecule has 1 aliphatic carbocycles. The van der Waals surface area contributed by atoms with Gasteiger partial charge in [-0.15, -0.1) is 0 Å². The van der Waals surface area contributed by atoms with Crippen molar-refractivity contribution in [2.45, 2.75) is 52.6 Å². The van der Waals surface area contributed by atoms with Gasteiger partial charge in [0.05, 0.1) is 5.69 Å². The molecule has 0 unspecified atom stereocenters. The molecule has 1 aromatic heterocycles. The predicted octanol–water partition coefficient (Wildman–Crippen LogP) is 2.11. The Morgan fingerprint density at radius 1 is 1.50 bits per heavy atom. The molecule has 0 radical (unpaired) electrons. The molecule has 0 aromatic carbocycles. The summed E-state index contributed by atoms with van der Waals surface area (Å²) in [7, 11) is 0. The Balaban J connectivity index is 2.03. The molecule has 1 aliphatic rings. The van der Waals surface area contributed by atoms with E-state index < -0.39 is 5.91 Å². The van der Waals surface area contributed by atoms with Crippen molar-refractivity contribution in [3.63, 3.8) is 0 Å². The molecule has 0 saturated heterocycles. The van der Waals surface area contributed by atoms with Gasteiger partial charge in [0.2, 0.25) is 0 Å². The van der Waals surface area contributed by atoms with Gasteiger partial charge < -0.3 is 16.4 Å². The first-order valence-corrected chi connectivity index (χ1v) is 8.28. The normalized spacial score (nSPS) is 24.8. The van der Waals surface area contributed by atoms with Crippen LogP contribution in [0, 0.1) is 11.8 Å². The van der Waals surface area contributed by atoms with Gasteiger partial charge in [0.25, 0.3) is 5.91 Å². The molecule has 122 valence electrons. The monoisotopic (exact) mass is 323 g/mol. The molecule has 0 aliphatic heterocycles. The van der Waals surface area contributed by atoms with Gasteiger partial charge in [-0.1, -0.05) is 26.7 Å². The number of nitrogens with two attached hydrogens (primary N) is 1. The van der Waals surface area contributed by atoms with Crippen LogP contribution in [-0.4, -0.2) is 26.8 Å². The number of rotatable bonds is 4. The van der Waals surface area contributed by atoms with Crippen molar-refractivity contribution in [2.24, 2.45) is 17.6 Å². The second kappa shape index (κ2) is 7.09. The predicted molar refractivity (Wildman–Crippen MR) is 91.7 cm³/mol. The number of carbonyl (C=O) groups excluding carboxylic acids is 1. The first kappa shape index (κ1) is 16.7. The lowest BCUT2D eigenvalue weighted by molar-refractivity contribution is 0.0995. The summed E-state index contributed by atoms with van der Waals surface area (Å²) >= 11 is 5.39. The average molecular weight is 323 g/mol. The van der Waals surface area contributed by atoms with E-state index in [1.807, 2.05) is 6.92 Å². The molecule has 2 rings (SSSR count). The molecule has 6 nitrogen and oxygen atoms in total. The van der Waals surface area contributed by atoms with Crippen LogP contribution in [0.1, 0.15) is 50.5 Å². The number of thiocarbonyl (C=S) groups is 1. The van der Waals surface area contributed by atoms with E-state index in [1.54, 1.807) is 10.9 Å². The number of aryl methyl sites for hydroxylation is 1. The van der Waals surface area contributed by atoms with Crippen molar-refractivity contribution in [1.82, 2.24) is 15.1 Å². The zero-order valence-corrected chi connectivity index (χ0v) is 14.2. The highest BCUT2D eigenvalue weighted by molar-refractivity contribution is 7.80. The van der Waals surface area contributed by atoms with Crippen molar-refractivity contribution in [2.75, 3.05) is 5.32 Å². The van der Waals surface area contributed by atoms with Crippen LogP contribution in [0.25, 0.3) is 0 Å². The van der Waals surface area contributed by atoms with Crippen LogP contribution >= 0.6 is 12.2 Å². The van der Waals surface area contributed by atoms with E-state index in [1.165, 1.54) is 12.8 Å². The molecule has 0 spiro atoms. The van der Waals surface area contributed by atoms with Gasteiger partial charge in [-0.3, -0.25) is 9.48 Å². The fraction of sp³-hybridized carbons (Fsp3) is 0.667. The minimum atomic E-state index is -0.558. The second-order valence-electron chi connectivity index (χ2n) is 6.08. The van der Waals surface area contributed by atoms with Crippen molar-refractivity contribution >= 4 is 28.9 Å². The number of anilines is 1. The fourth-order valence-corrected chi connectivity index (χ4v) is 3.23. The lowest BCUT2D eigenvalue weighted by Gasteiger charge is -2.35. The Labute approximate surface area is 136 Å². The maximum atomic E-state index is 11.5. The van der Waals surface area contributed by atoms with E-state index in [0.717, 1.165) is 6.42 Å². The van der Waals surface area contributed by atoms with Crippen molar-refractivity contribution in [3.8, 4) is 0 Å². The van der Waals surface area contributed by atoms with E-state index in [4.69, 9.17) is 18.0 Å². The number of nitrogens with one attached hydrogen (secondary N) is 2. The van der Waals surface area contributed by atoms with Crippen molar-refractivity contribution in [1.29, 1.82) is 0 Å². The maximum absolute atomic E-state index is 11.5. The van der Waals surface area contributed by atoms with Gasteiger partial charge in [-0.25, -0.2) is 0 Å². The van der Waals surface area contributed by atoms with Gasteiger partial charge in [0.15, 0.2) is 10.8 Å². The van der Waals surface area contributed by atoms with Gasteiger partial charge >= 0.3 is 0 Å². The minimum absolute atomic E-state index is 0.219. The van der Waals surface area contributed by atoms with Crippen molar-refractivity contribution in [3.05, 3.63) is 11.9 Å². The Hall–Kier alpha value is -1.63. The van der Waals surface area contributed by atoms with E-state index in [-0.39, 0.29) is 5.69 Å². The number of amides is 1. The lowest BCUT2D eigenvalue weighted by Crippen LogP contribution is -2.45. The Morgan fingerprint density at radius 2 is 2.23 bits per heavy atom. The lowest BCUT2D eigenvalue weighted by atomic mass is 9.78. The smallest absolute Gasteiger partial charge is 0.271 e. The number of carbonyl (C=O) groups is 1. The number of primary amides is 1. The Kier molecular flexibility index (Phi) is 5.39. The minimum Gasteiger partial charge on any atom is -0.364 e. The average Bonchev–Trinajstić information content (AvgIpc) is 2.87. The summed E-state index contributed by atoms with van der Waals surface area (Å²) in [5.74, 6) is 0.706. The van der Waals surface area contributed by atoms with E-state index in [9.17, 15) is 4.79 Å². The molecule has 1 heterocycles. The largest absolute Gasteiger partial charge is 0.364 e.